The van der Waals surface area contributed by atoms with Gasteiger partial charge < -0.3 is 20.5 Å². The summed E-state index contributed by atoms with van der Waals surface area (Å²) in [6.45, 7) is 7.04. The molecular formula is C11H22N2O3. The van der Waals surface area contributed by atoms with Gasteiger partial charge in [0.1, 0.15) is 5.60 Å². The van der Waals surface area contributed by atoms with Crippen LogP contribution in [0.2, 0.25) is 0 Å². The zero-order valence-electron chi connectivity index (χ0n) is 10.2. The second kappa shape index (κ2) is 5.50. The third-order valence-corrected chi connectivity index (χ3v) is 2.42. The van der Waals surface area contributed by atoms with Gasteiger partial charge in [0.15, 0.2) is 0 Å². The average Bonchev–Trinajstić information content (AvgIpc) is 2.29. The fraction of sp³-hybridized carbons (Fsp3) is 0.909. The van der Waals surface area contributed by atoms with Gasteiger partial charge in [-0.05, 0) is 46.7 Å². The van der Waals surface area contributed by atoms with Gasteiger partial charge >= 0.3 is 6.09 Å². The molecule has 0 aliphatic carbocycles. The van der Waals surface area contributed by atoms with E-state index in [4.69, 9.17) is 4.74 Å². The molecule has 0 saturated carbocycles. The van der Waals surface area contributed by atoms with Crippen LogP contribution in [0.4, 0.5) is 4.79 Å². The molecule has 94 valence electrons. The number of amides is 1. The van der Waals surface area contributed by atoms with E-state index in [-0.39, 0.29) is 6.04 Å². The first-order valence-electron chi connectivity index (χ1n) is 5.77. The maximum absolute atomic E-state index is 11.5. The molecule has 2 atom stereocenters. The molecule has 0 aromatic heterocycles. The lowest BCUT2D eigenvalue weighted by Crippen LogP contribution is -2.45. The van der Waals surface area contributed by atoms with Gasteiger partial charge in [-0.3, -0.25) is 0 Å². The molecule has 5 heteroatoms. The van der Waals surface area contributed by atoms with E-state index in [9.17, 15) is 9.90 Å². The third kappa shape index (κ3) is 4.81. The number of nitrogens with one attached hydrogen (secondary N) is 2. The van der Waals surface area contributed by atoms with Gasteiger partial charge in [0.25, 0.3) is 0 Å². The van der Waals surface area contributed by atoms with E-state index >= 15 is 0 Å². The maximum atomic E-state index is 11.5. The number of aliphatic hydroxyl groups excluding tert-OH is 1. The summed E-state index contributed by atoms with van der Waals surface area (Å²) in [6.07, 6.45) is 0.418. The summed E-state index contributed by atoms with van der Waals surface area (Å²) >= 11 is 0. The molecule has 1 aliphatic rings. The number of rotatable bonds is 1. The number of carbonyl (C=O) groups is 1. The lowest BCUT2D eigenvalue weighted by Gasteiger charge is -2.25. The van der Waals surface area contributed by atoms with Crippen LogP contribution in [0.5, 0.6) is 0 Å². The summed E-state index contributed by atoms with van der Waals surface area (Å²) in [6, 6.07) is -0.218. The Hall–Kier alpha value is -0.810. The minimum Gasteiger partial charge on any atom is -0.444 e. The summed E-state index contributed by atoms with van der Waals surface area (Å²) in [5.74, 6) is 0. The van der Waals surface area contributed by atoms with Gasteiger partial charge in [0.05, 0.1) is 12.1 Å². The zero-order chi connectivity index (χ0) is 12.2. The highest BCUT2D eigenvalue weighted by Gasteiger charge is 2.25. The minimum atomic E-state index is -0.502. The average molecular weight is 230 g/mol. The number of ether oxygens (including phenoxy) is 1. The molecule has 0 bridgehead atoms. The lowest BCUT2D eigenvalue weighted by molar-refractivity contribution is 0.0419. The molecule has 5 nitrogen and oxygen atoms in total. The van der Waals surface area contributed by atoms with Crippen LogP contribution in [0.25, 0.3) is 0 Å². The van der Waals surface area contributed by atoms with Gasteiger partial charge in [-0.15, -0.1) is 0 Å². The Morgan fingerprint density at radius 2 is 2.00 bits per heavy atom. The monoisotopic (exact) mass is 230 g/mol. The molecule has 1 fully saturated rings. The van der Waals surface area contributed by atoms with Crippen molar-refractivity contribution in [2.45, 2.75) is 51.4 Å². The summed E-state index contributed by atoms with van der Waals surface area (Å²) in [4.78, 5) is 11.5. The number of carbonyl (C=O) groups excluding carboxylic acids is 1. The van der Waals surface area contributed by atoms with Crippen LogP contribution in [0, 0.1) is 0 Å². The van der Waals surface area contributed by atoms with Crippen molar-refractivity contribution in [3.8, 4) is 0 Å². The molecule has 3 N–H and O–H groups in total. The fourth-order valence-corrected chi connectivity index (χ4v) is 1.65. The number of alkyl carbamates (subject to hydrolysis) is 1. The Morgan fingerprint density at radius 1 is 1.38 bits per heavy atom. The molecule has 0 spiro atoms. The molecule has 0 unspecified atom stereocenters. The molecular weight excluding hydrogens is 208 g/mol. The Kier molecular flexibility index (Phi) is 4.56. The van der Waals surface area contributed by atoms with E-state index in [1.165, 1.54) is 0 Å². The van der Waals surface area contributed by atoms with Crippen LogP contribution < -0.4 is 10.6 Å². The summed E-state index contributed by atoms with van der Waals surface area (Å²) < 4.78 is 5.15. The molecule has 0 aromatic rings. The summed E-state index contributed by atoms with van der Waals surface area (Å²) in [5, 5.41) is 15.7. The molecule has 1 saturated heterocycles. The second-order valence-corrected chi connectivity index (χ2v) is 5.15. The first-order chi connectivity index (χ1) is 7.38. The van der Waals surface area contributed by atoms with Gasteiger partial charge in [-0.2, -0.15) is 0 Å². The first-order valence-corrected chi connectivity index (χ1v) is 5.77. The van der Waals surface area contributed by atoms with E-state index in [1.54, 1.807) is 0 Å². The van der Waals surface area contributed by atoms with Crippen molar-refractivity contribution < 1.29 is 14.6 Å². The highest BCUT2D eigenvalue weighted by atomic mass is 16.6. The number of hydrogen-bond acceptors (Lipinski definition) is 4. The summed E-state index contributed by atoms with van der Waals surface area (Å²) in [7, 11) is 0. The van der Waals surface area contributed by atoms with Crippen molar-refractivity contribution in [1.29, 1.82) is 0 Å². The van der Waals surface area contributed by atoms with E-state index in [2.05, 4.69) is 10.6 Å². The first kappa shape index (κ1) is 13.3. The van der Waals surface area contributed by atoms with Crippen molar-refractivity contribution >= 4 is 6.09 Å². The third-order valence-electron chi connectivity index (χ3n) is 2.42. The Balaban J connectivity index is 2.42. The smallest absolute Gasteiger partial charge is 0.407 e. The minimum absolute atomic E-state index is 0.218. The van der Waals surface area contributed by atoms with Crippen LogP contribution in [0.15, 0.2) is 0 Å². The van der Waals surface area contributed by atoms with Gasteiger partial charge in [0.2, 0.25) is 0 Å². The fourth-order valence-electron chi connectivity index (χ4n) is 1.65. The van der Waals surface area contributed by atoms with E-state index in [0.717, 1.165) is 19.5 Å². The van der Waals surface area contributed by atoms with E-state index in [0.29, 0.717) is 6.42 Å². The number of aliphatic hydroxyl groups is 1. The standard InChI is InChI=1S/C11H22N2O3/c1-11(2,3)16-10(15)13-8-4-6-12-7-5-9(8)14/h8-9,12,14H,4-7H2,1-3H3,(H,13,15)/t8-,9-/m0/s1. The second-order valence-electron chi connectivity index (χ2n) is 5.15. The lowest BCUT2D eigenvalue weighted by atomic mass is 10.1. The van der Waals surface area contributed by atoms with Crippen LogP contribution >= 0.6 is 0 Å². The van der Waals surface area contributed by atoms with Crippen LogP contribution in [0.1, 0.15) is 33.6 Å². The van der Waals surface area contributed by atoms with Gasteiger partial charge in [-0.1, -0.05) is 0 Å². The van der Waals surface area contributed by atoms with Gasteiger partial charge in [0, 0.05) is 0 Å². The topological polar surface area (TPSA) is 70.6 Å². The molecule has 0 aromatic carbocycles. The molecule has 1 amide bonds. The predicted molar refractivity (Wildman–Crippen MR) is 61.3 cm³/mol. The maximum Gasteiger partial charge on any atom is 0.407 e. The van der Waals surface area contributed by atoms with Crippen LogP contribution in [-0.4, -0.2) is 42.0 Å². The van der Waals surface area contributed by atoms with Crippen molar-refractivity contribution in [2.75, 3.05) is 13.1 Å². The Morgan fingerprint density at radius 3 is 2.62 bits per heavy atom. The predicted octanol–water partition coefficient (Wildman–Crippen LogP) is 0.624. The van der Waals surface area contributed by atoms with E-state index < -0.39 is 17.8 Å². The van der Waals surface area contributed by atoms with E-state index in [1.807, 2.05) is 20.8 Å². The highest BCUT2D eigenvalue weighted by Crippen LogP contribution is 2.10. The van der Waals surface area contributed by atoms with Gasteiger partial charge in [-0.25, -0.2) is 4.79 Å². The summed E-state index contributed by atoms with van der Waals surface area (Å²) in [5.41, 5.74) is -0.502. The van der Waals surface area contributed by atoms with Crippen LogP contribution in [-0.2, 0) is 4.74 Å². The van der Waals surface area contributed by atoms with Crippen molar-refractivity contribution in [1.82, 2.24) is 10.6 Å². The normalized spacial score (nSPS) is 27.0. The molecule has 1 rings (SSSR count). The molecule has 1 heterocycles. The van der Waals surface area contributed by atoms with Crippen molar-refractivity contribution in [3.05, 3.63) is 0 Å². The largest absolute Gasteiger partial charge is 0.444 e. The molecule has 16 heavy (non-hydrogen) atoms. The zero-order valence-corrected chi connectivity index (χ0v) is 10.2. The highest BCUT2D eigenvalue weighted by molar-refractivity contribution is 5.68. The quantitative estimate of drug-likeness (QED) is 0.617. The Bertz CT molecular complexity index is 238. The van der Waals surface area contributed by atoms with Crippen LogP contribution in [0.3, 0.4) is 0 Å². The Labute approximate surface area is 96.6 Å². The van der Waals surface area contributed by atoms with Crippen molar-refractivity contribution in [2.24, 2.45) is 0 Å². The molecule has 0 radical (unpaired) electrons. The van der Waals surface area contributed by atoms with Crippen molar-refractivity contribution in [3.63, 3.8) is 0 Å². The molecule has 1 aliphatic heterocycles. The number of hydrogen-bond donors (Lipinski definition) is 3. The SMILES string of the molecule is CC(C)(C)OC(=O)N[C@H]1CCNCC[C@@H]1O.